The van der Waals surface area contributed by atoms with Gasteiger partial charge in [0, 0.05) is 23.2 Å². The third kappa shape index (κ3) is 3.40. The van der Waals surface area contributed by atoms with Gasteiger partial charge in [-0.1, -0.05) is 26.0 Å². The van der Waals surface area contributed by atoms with E-state index in [-0.39, 0.29) is 5.78 Å². The van der Waals surface area contributed by atoms with Crippen LogP contribution in [0.5, 0.6) is 11.5 Å². The van der Waals surface area contributed by atoms with Gasteiger partial charge in [-0.25, -0.2) is 0 Å². The van der Waals surface area contributed by atoms with E-state index in [9.17, 15) is 4.79 Å². The molecule has 0 unspecified atom stereocenters. The molecule has 2 aromatic rings. The van der Waals surface area contributed by atoms with Crippen molar-refractivity contribution in [3.8, 4) is 22.6 Å². The lowest BCUT2D eigenvalue weighted by Gasteiger charge is -2.19. The monoisotopic (exact) mass is 339 g/mol. The second-order valence-electron chi connectivity index (χ2n) is 6.02. The van der Waals surface area contributed by atoms with E-state index >= 15 is 0 Å². The number of ether oxygens (including phenoxy) is 2. The summed E-state index contributed by atoms with van der Waals surface area (Å²) >= 11 is 0. The summed E-state index contributed by atoms with van der Waals surface area (Å²) < 4.78 is 11.6. The SMILES string of the molecule is CCOc1ccc2c(c1)C(=O)c1cccc(OCCN(CC)CC)c1-2. The zero-order chi connectivity index (χ0) is 17.8. The number of carbonyl (C=O) groups is 1. The Hall–Kier alpha value is -2.33. The Bertz CT molecular complexity index is 766. The molecule has 0 atom stereocenters. The normalized spacial score (nSPS) is 12.2. The largest absolute Gasteiger partial charge is 0.494 e. The Morgan fingerprint density at radius 2 is 1.72 bits per heavy atom. The molecule has 0 bridgehead atoms. The van der Waals surface area contributed by atoms with Crippen molar-refractivity contribution < 1.29 is 14.3 Å². The number of carbonyl (C=O) groups excluding carboxylic acids is 1. The van der Waals surface area contributed by atoms with Crippen molar-refractivity contribution in [1.29, 1.82) is 0 Å². The minimum atomic E-state index is 0.0424. The number of rotatable bonds is 8. The molecule has 4 heteroatoms. The van der Waals surface area contributed by atoms with Crippen LogP contribution in [0.15, 0.2) is 36.4 Å². The second kappa shape index (κ2) is 7.70. The molecule has 0 fully saturated rings. The highest BCUT2D eigenvalue weighted by Gasteiger charge is 2.29. The third-order valence-electron chi connectivity index (χ3n) is 4.65. The van der Waals surface area contributed by atoms with E-state index < -0.39 is 0 Å². The highest BCUT2D eigenvalue weighted by molar-refractivity contribution is 6.22. The summed E-state index contributed by atoms with van der Waals surface area (Å²) in [5.74, 6) is 1.55. The van der Waals surface area contributed by atoms with Crippen molar-refractivity contribution in [1.82, 2.24) is 4.90 Å². The van der Waals surface area contributed by atoms with Gasteiger partial charge in [0.2, 0.25) is 0 Å². The first-order valence-electron chi connectivity index (χ1n) is 8.99. The predicted molar refractivity (Wildman–Crippen MR) is 99.8 cm³/mol. The topological polar surface area (TPSA) is 38.8 Å². The van der Waals surface area contributed by atoms with Crippen LogP contribution in [-0.4, -0.2) is 43.5 Å². The summed E-state index contributed by atoms with van der Waals surface area (Å²) in [6, 6.07) is 11.4. The summed E-state index contributed by atoms with van der Waals surface area (Å²) in [4.78, 5) is 15.1. The molecular formula is C21H25NO3. The number of nitrogens with zero attached hydrogens (tertiary/aromatic N) is 1. The van der Waals surface area contributed by atoms with Gasteiger partial charge in [0.05, 0.1) is 6.61 Å². The fourth-order valence-electron chi connectivity index (χ4n) is 3.27. The van der Waals surface area contributed by atoms with E-state index in [2.05, 4.69) is 18.7 Å². The van der Waals surface area contributed by atoms with Crippen LogP contribution in [-0.2, 0) is 0 Å². The van der Waals surface area contributed by atoms with Crippen LogP contribution in [0.25, 0.3) is 11.1 Å². The molecule has 2 aromatic carbocycles. The summed E-state index contributed by atoms with van der Waals surface area (Å²) in [6.45, 7) is 10.3. The molecule has 1 aliphatic rings. The predicted octanol–water partition coefficient (Wildman–Crippen LogP) is 4.02. The highest BCUT2D eigenvalue weighted by Crippen LogP contribution is 2.43. The van der Waals surface area contributed by atoms with E-state index in [0.29, 0.717) is 24.3 Å². The lowest BCUT2D eigenvalue weighted by Crippen LogP contribution is -2.27. The summed E-state index contributed by atoms with van der Waals surface area (Å²) in [5.41, 5.74) is 3.25. The molecule has 132 valence electrons. The van der Waals surface area contributed by atoms with Crippen LogP contribution in [0.1, 0.15) is 36.7 Å². The van der Waals surface area contributed by atoms with Crippen molar-refractivity contribution in [2.75, 3.05) is 32.8 Å². The number of hydrogen-bond acceptors (Lipinski definition) is 4. The maximum atomic E-state index is 12.8. The van der Waals surface area contributed by atoms with Crippen LogP contribution in [0.4, 0.5) is 0 Å². The van der Waals surface area contributed by atoms with Gasteiger partial charge in [-0.3, -0.25) is 4.79 Å². The van der Waals surface area contributed by atoms with Crippen molar-refractivity contribution in [2.24, 2.45) is 0 Å². The van der Waals surface area contributed by atoms with Gasteiger partial charge in [-0.2, -0.15) is 0 Å². The Kier molecular flexibility index (Phi) is 5.39. The molecule has 0 N–H and O–H groups in total. The number of ketones is 1. The van der Waals surface area contributed by atoms with Gasteiger partial charge < -0.3 is 14.4 Å². The molecule has 4 nitrogen and oxygen atoms in total. The average molecular weight is 339 g/mol. The maximum absolute atomic E-state index is 12.8. The fraction of sp³-hybridized carbons (Fsp3) is 0.381. The molecule has 0 amide bonds. The molecule has 0 heterocycles. The Morgan fingerprint density at radius 3 is 2.44 bits per heavy atom. The number of benzene rings is 2. The van der Waals surface area contributed by atoms with Gasteiger partial charge in [-0.05, 0) is 49.8 Å². The first kappa shape index (κ1) is 17.5. The zero-order valence-electron chi connectivity index (χ0n) is 15.2. The van der Waals surface area contributed by atoms with Crippen molar-refractivity contribution in [3.63, 3.8) is 0 Å². The van der Waals surface area contributed by atoms with E-state index in [1.807, 2.05) is 43.3 Å². The van der Waals surface area contributed by atoms with E-state index in [0.717, 1.165) is 42.3 Å². The lowest BCUT2D eigenvalue weighted by atomic mass is 10.0. The highest BCUT2D eigenvalue weighted by atomic mass is 16.5. The summed E-state index contributed by atoms with van der Waals surface area (Å²) in [6.07, 6.45) is 0. The standard InChI is InChI=1S/C21H25NO3/c1-4-22(5-2)12-13-25-19-9-7-8-17-20(19)16-11-10-15(24-6-3)14-18(16)21(17)23/h7-11,14H,4-6,12-13H2,1-3H3. The zero-order valence-corrected chi connectivity index (χ0v) is 15.2. The van der Waals surface area contributed by atoms with E-state index in [1.54, 1.807) is 0 Å². The quantitative estimate of drug-likeness (QED) is 0.621. The van der Waals surface area contributed by atoms with Crippen LogP contribution in [0, 0.1) is 0 Å². The Balaban J connectivity index is 1.87. The van der Waals surface area contributed by atoms with Crippen LogP contribution < -0.4 is 9.47 Å². The molecule has 25 heavy (non-hydrogen) atoms. The third-order valence-corrected chi connectivity index (χ3v) is 4.65. The fourth-order valence-corrected chi connectivity index (χ4v) is 3.27. The number of likely N-dealkylation sites (N-methyl/N-ethyl adjacent to an activating group) is 1. The molecule has 0 aliphatic heterocycles. The molecule has 0 saturated carbocycles. The molecule has 0 radical (unpaired) electrons. The minimum Gasteiger partial charge on any atom is -0.494 e. The maximum Gasteiger partial charge on any atom is 0.194 e. The lowest BCUT2D eigenvalue weighted by molar-refractivity contribution is 0.104. The molecule has 3 rings (SSSR count). The molecular weight excluding hydrogens is 314 g/mol. The smallest absolute Gasteiger partial charge is 0.194 e. The van der Waals surface area contributed by atoms with Crippen LogP contribution in [0.3, 0.4) is 0 Å². The van der Waals surface area contributed by atoms with Crippen molar-refractivity contribution in [3.05, 3.63) is 47.5 Å². The van der Waals surface area contributed by atoms with E-state index in [1.165, 1.54) is 0 Å². The van der Waals surface area contributed by atoms with Crippen LogP contribution in [0.2, 0.25) is 0 Å². The van der Waals surface area contributed by atoms with Gasteiger partial charge >= 0.3 is 0 Å². The van der Waals surface area contributed by atoms with Gasteiger partial charge in [0.1, 0.15) is 18.1 Å². The summed E-state index contributed by atoms with van der Waals surface area (Å²) in [5, 5.41) is 0. The Morgan fingerprint density at radius 1 is 0.920 bits per heavy atom. The average Bonchev–Trinajstić information content (AvgIpc) is 2.92. The first-order valence-corrected chi connectivity index (χ1v) is 8.99. The van der Waals surface area contributed by atoms with Gasteiger partial charge in [0.15, 0.2) is 5.78 Å². The second-order valence-corrected chi connectivity index (χ2v) is 6.02. The van der Waals surface area contributed by atoms with Gasteiger partial charge in [-0.15, -0.1) is 0 Å². The van der Waals surface area contributed by atoms with E-state index in [4.69, 9.17) is 9.47 Å². The van der Waals surface area contributed by atoms with Crippen molar-refractivity contribution >= 4 is 5.78 Å². The molecule has 0 aromatic heterocycles. The molecule has 0 saturated heterocycles. The number of fused-ring (bicyclic) bond motifs is 3. The first-order chi connectivity index (χ1) is 12.2. The molecule has 1 aliphatic carbocycles. The Labute approximate surface area is 149 Å². The molecule has 0 spiro atoms. The summed E-state index contributed by atoms with van der Waals surface area (Å²) in [7, 11) is 0. The number of hydrogen-bond donors (Lipinski definition) is 0. The van der Waals surface area contributed by atoms with Crippen LogP contribution >= 0.6 is 0 Å². The van der Waals surface area contributed by atoms with Crippen molar-refractivity contribution in [2.45, 2.75) is 20.8 Å². The minimum absolute atomic E-state index is 0.0424. The van der Waals surface area contributed by atoms with Gasteiger partial charge in [0.25, 0.3) is 0 Å².